The number of methoxy groups -OCH3 is 1. The predicted octanol–water partition coefficient (Wildman–Crippen LogP) is 3.48. The van der Waals surface area contributed by atoms with E-state index in [4.69, 9.17) is 4.74 Å². The summed E-state index contributed by atoms with van der Waals surface area (Å²) in [4.78, 5) is 21.4. The zero-order valence-corrected chi connectivity index (χ0v) is 18.5. The fourth-order valence-electron chi connectivity index (χ4n) is 3.65. The number of carbonyl (C=O) groups is 1. The Morgan fingerprint density at radius 1 is 1.09 bits per heavy atom. The highest BCUT2D eigenvalue weighted by molar-refractivity contribution is 7.90. The normalized spacial score (nSPS) is 15.3. The summed E-state index contributed by atoms with van der Waals surface area (Å²) in [7, 11) is -1.92. The fraction of sp³-hybridized carbons (Fsp3) is 0.261. The number of sulfonamides is 1. The molecule has 0 fully saturated rings. The van der Waals surface area contributed by atoms with E-state index in [1.165, 1.54) is 0 Å². The Morgan fingerprint density at radius 3 is 2.78 bits per heavy atom. The van der Waals surface area contributed by atoms with Crippen LogP contribution in [0.2, 0.25) is 0 Å². The summed E-state index contributed by atoms with van der Waals surface area (Å²) < 4.78 is 32.0. The molecule has 1 amide bonds. The Balaban J connectivity index is 1.26. The van der Waals surface area contributed by atoms with Crippen LogP contribution in [0.4, 0.5) is 5.69 Å². The maximum Gasteiger partial charge on any atom is 0.263 e. The van der Waals surface area contributed by atoms with E-state index in [9.17, 15) is 13.2 Å². The number of rotatable bonds is 8. The van der Waals surface area contributed by atoms with Crippen LogP contribution in [0.25, 0.3) is 10.9 Å². The summed E-state index contributed by atoms with van der Waals surface area (Å²) in [6, 6.07) is 14.1. The van der Waals surface area contributed by atoms with E-state index >= 15 is 0 Å². The van der Waals surface area contributed by atoms with Crippen LogP contribution in [0, 0.1) is 0 Å². The number of aliphatic imine (C=N–C) groups is 1. The van der Waals surface area contributed by atoms with Crippen LogP contribution in [0.15, 0.2) is 64.6 Å². The Kier molecular flexibility index (Phi) is 6.36. The lowest BCUT2D eigenvalue weighted by molar-refractivity contribution is -0.116. The smallest absolute Gasteiger partial charge is 0.263 e. The van der Waals surface area contributed by atoms with Crippen LogP contribution in [-0.2, 0) is 14.8 Å². The molecule has 9 heteroatoms. The summed E-state index contributed by atoms with van der Waals surface area (Å²) in [5.41, 5.74) is 2.02. The molecule has 1 aliphatic heterocycles. The molecule has 166 valence electrons. The molecular formula is C23H24N4O4S. The molecule has 3 aromatic rings. The Morgan fingerprint density at radius 2 is 1.94 bits per heavy atom. The topological polar surface area (TPSA) is 110 Å². The van der Waals surface area contributed by atoms with Crippen molar-refractivity contribution in [2.75, 3.05) is 19.0 Å². The average Bonchev–Trinajstić information content (AvgIpc) is 3.06. The minimum Gasteiger partial charge on any atom is -0.494 e. The second-order valence-corrected chi connectivity index (χ2v) is 9.06. The number of pyridine rings is 1. The van der Waals surface area contributed by atoms with Crippen molar-refractivity contribution in [1.82, 2.24) is 9.71 Å². The first-order valence-electron chi connectivity index (χ1n) is 10.4. The summed E-state index contributed by atoms with van der Waals surface area (Å²) in [6.07, 6.45) is 4.36. The van der Waals surface area contributed by atoms with Crippen molar-refractivity contribution in [1.29, 1.82) is 0 Å². The Hall–Kier alpha value is -3.46. The molecule has 8 nitrogen and oxygen atoms in total. The van der Waals surface area contributed by atoms with Crippen molar-refractivity contribution in [2.24, 2.45) is 4.99 Å². The Labute approximate surface area is 186 Å². The van der Waals surface area contributed by atoms with Gasteiger partial charge in [0.2, 0.25) is 5.91 Å². The number of hydrogen-bond acceptors (Lipinski definition) is 6. The van der Waals surface area contributed by atoms with Gasteiger partial charge < -0.3 is 10.1 Å². The maximum absolute atomic E-state index is 12.4. The highest BCUT2D eigenvalue weighted by Gasteiger charge is 2.29. The van der Waals surface area contributed by atoms with Gasteiger partial charge in [0.05, 0.1) is 17.7 Å². The number of nitrogens with one attached hydrogen (secondary N) is 2. The van der Waals surface area contributed by atoms with Crippen molar-refractivity contribution >= 4 is 38.4 Å². The minimum atomic E-state index is -3.51. The molecule has 32 heavy (non-hydrogen) atoms. The van der Waals surface area contributed by atoms with Gasteiger partial charge in [-0.05, 0) is 49.2 Å². The SMILES string of the molecule is COc1ccc(NC(=O)CCCCCN=C2NS(=O)(=O)c3ccccc32)c2cccnc12. The predicted molar refractivity (Wildman–Crippen MR) is 124 cm³/mol. The van der Waals surface area contributed by atoms with Gasteiger partial charge in [0.25, 0.3) is 10.0 Å². The standard InChI is InChI=1S/C23H24N4O4S/c1-31-19-13-12-18(16-9-7-15-24-22(16)19)26-21(28)11-3-2-6-14-25-23-17-8-4-5-10-20(17)32(29,30)27-23/h4-5,7-10,12-13,15H,2-3,6,11,14H2,1H3,(H,25,27)(H,26,28). The van der Waals surface area contributed by atoms with Gasteiger partial charge in [-0.25, -0.2) is 8.42 Å². The second kappa shape index (κ2) is 9.35. The molecule has 2 aromatic carbocycles. The molecular weight excluding hydrogens is 428 g/mol. The third kappa shape index (κ3) is 4.57. The average molecular weight is 453 g/mol. The quantitative estimate of drug-likeness (QED) is 0.509. The van der Waals surface area contributed by atoms with Crippen molar-refractivity contribution < 1.29 is 17.9 Å². The molecule has 0 saturated carbocycles. The fourth-order valence-corrected chi connectivity index (χ4v) is 4.90. The first kappa shape index (κ1) is 21.8. The molecule has 0 radical (unpaired) electrons. The van der Waals surface area contributed by atoms with E-state index in [-0.39, 0.29) is 10.8 Å². The monoisotopic (exact) mass is 452 g/mol. The molecule has 0 saturated heterocycles. The molecule has 0 unspecified atom stereocenters. The first-order chi connectivity index (χ1) is 15.5. The number of anilines is 1. The lowest BCUT2D eigenvalue weighted by atomic mass is 10.1. The molecule has 0 spiro atoms. The zero-order chi connectivity index (χ0) is 22.6. The van der Waals surface area contributed by atoms with Gasteiger partial charge in [-0.15, -0.1) is 0 Å². The number of aromatic nitrogens is 1. The lowest BCUT2D eigenvalue weighted by Crippen LogP contribution is -2.22. The lowest BCUT2D eigenvalue weighted by Gasteiger charge is -2.11. The van der Waals surface area contributed by atoms with Gasteiger partial charge >= 0.3 is 0 Å². The molecule has 1 aliphatic rings. The third-order valence-electron chi connectivity index (χ3n) is 5.22. The van der Waals surface area contributed by atoms with Crippen LogP contribution in [-0.4, -0.2) is 38.8 Å². The first-order valence-corrected chi connectivity index (χ1v) is 11.9. The number of amidine groups is 1. The van der Waals surface area contributed by atoms with Gasteiger partial charge in [-0.1, -0.05) is 18.6 Å². The van der Waals surface area contributed by atoms with Gasteiger partial charge in [0, 0.05) is 30.1 Å². The number of fused-ring (bicyclic) bond motifs is 2. The molecule has 0 bridgehead atoms. The summed E-state index contributed by atoms with van der Waals surface area (Å²) in [5, 5.41) is 3.78. The van der Waals surface area contributed by atoms with Crippen LogP contribution in [0.3, 0.4) is 0 Å². The summed E-state index contributed by atoms with van der Waals surface area (Å²) >= 11 is 0. The number of benzene rings is 2. The largest absolute Gasteiger partial charge is 0.494 e. The van der Waals surface area contributed by atoms with Crippen molar-refractivity contribution in [3.63, 3.8) is 0 Å². The number of amides is 1. The Bertz CT molecular complexity index is 1290. The molecule has 2 N–H and O–H groups in total. The summed E-state index contributed by atoms with van der Waals surface area (Å²) in [5.74, 6) is 0.981. The van der Waals surface area contributed by atoms with Crippen molar-refractivity contribution in [3.05, 3.63) is 60.3 Å². The maximum atomic E-state index is 12.4. The zero-order valence-electron chi connectivity index (χ0n) is 17.7. The highest BCUT2D eigenvalue weighted by atomic mass is 32.2. The van der Waals surface area contributed by atoms with Crippen LogP contribution < -0.4 is 14.8 Å². The summed E-state index contributed by atoms with van der Waals surface area (Å²) in [6.45, 7) is 0.489. The third-order valence-corrected chi connectivity index (χ3v) is 6.62. The van der Waals surface area contributed by atoms with Crippen molar-refractivity contribution in [2.45, 2.75) is 30.6 Å². The van der Waals surface area contributed by atoms with E-state index in [0.29, 0.717) is 47.7 Å². The number of ether oxygens (including phenoxy) is 1. The van der Waals surface area contributed by atoms with Gasteiger partial charge in [-0.2, -0.15) is 0 Å². The van der Waals surface area contributed by atoms with E-state index in [1.807, 2.05) is 18.2 Å². The van der Waals surface area contributed by atoms with Gasteiger partial charge in [-0.3, -0.25) is 19.5 Å². The van der Waals surface area contributed by atoms with E-state index in [1.54, 1.807) is 43.6 Å². The van der Waals surface area contributed by atoms with E-state index in [0.717, 1.165) is 18.2 Å². The van der Waals surface area contributed by atoms with E-state index < -0.39 is 10.0 Å². The molecule has 0 aliphatic carbocycles. The van der Waals surface area contributed by atoms with Gasteiger partial charge in [0.1, 0.15) is 17.1 Å². The molecule has 2 heterocycles. The molecule has 1 aromatic heterocycles. The number of carbonyl (C=O) groups excluding carboxylic acids is 1. The number of unbranched alkanes of at least 4 members (excludes halogenated alkanes) is 2. The molecule has 4 rings (SSSR count). The highest BCUT2D eigenvalue weighted by Crippen LogP contribution is 2.29. The van der Waals surface area contributed by atoms with Crippen LogP contribution >= 0.6 is 0 Å². The van der Waals surface area contributed by atoms with E-state index in [2.05, 4.69) is 20.0 Å². The minimum absolute atomic E-state index is 0.0656. The van der Waals surface area contributed by atoms with Crippen LogP contribution in [0.5, 0.6) is 5.75 Å². The number of hydrogen-bond donors (Lipinski definition) is 2. The van der Waals surface area contributed by atoms with Crippen molar-refractivity contribution in [3.8, 4) is 5.75 Å². The van der Waals surface area contributed by atoms with Gasteiger partial charge in [0.15, 0.2) is 0 Å². The van der Waals surface area contributed by atoms with Crippen LogP contribution in [0.1, 0.15) is 31.2 Å². The second-order valence-electron chi connectivity index (χ2n) is 7.41. The number of nitrogens with zero attached hydrogens (tertiary/aromatic N) is 2. The molecule has 0 atom stereocenters.